The number of para-hydroxylation sites is 1. The van der Waals surface area contributed by atoms with Crippen LogP contribution in [0.25, 0.3) is 0 Å². The van der Waals surface area contributed by atoms with Gasteiger partial charge in [0.05, 0.1) is 20.3 Å². The minimum Gasteiger partial charge on any atom is -0.497 e. The van der Waals surface area contributed by atoms with Gasteiger partial charge in [0.2, 0.25) is 0 Å². The van der Waals surface area contributed by atoms with Crippen LogP contribution in [0.5, 0.6) is 11.5 Å². The van der Waals surface area contributed by atoms with Crippen molar-refractivity contribution < 1.29 is 9.47 Å². The minimum atomic E-state index is -0.0752. The van der Waals surface area contributed by atoms with Gasteiger partial charge in [0.1, 0.15) is 11.5 Å². The Kier molecular flexibility index (Phi) is 5.47. The number of benzene rings is 2. The van der Waals surface area contributed by atoms with Gasteiger partial charge < -0.3 is 20.5 Å². The molecule has 21 heavy (non-hydrogen) atoms. The van der Waals surface area contributed by atoms with Gasteiger partial charge in [0.25, 0.3) is 0 Å². The van der Waals surface area contributed by atoms with E-state index in [1.54, 1.807) is 14.2 Å². The predicted octanol–water partition coefficient (Wildman–Crippen LogP) is 3.58. The van der Waals surface area contributed by atoms with Gasteiger partial charge in [0, 0.05) is 22.3 Å². The second kappa shape index (κ2) is 7.33. The van der Waals surface area contributed by atoms with Crippen LogP contribution < -0.4 is 20.5 Å². The van der Waals surface area contributed by atoms with Gasteiger partial charge in [-0.3, -0.25) is 0 Å². The van der Waals surface area contributed by atoms with Crippen LogP contribution in [0.2, 0.25) is 0 Å². The third kappa shape index (κ3) is 3.68. The fourth-order valence-electron chi connectivity index (χ4n) is 2.14. The molecule has 112 valence electrons. The fourth-order valence-corrected chi connectivity index (χ4v) is 2.54. The molecule has 0 aliphatic heterocycles. The van der Waals surface area contributed by atoms with Crippen LogP contribution >= 0.6 is 15.9 Å². The zero-order chi connectivity index (χ0) is 15.2. The number of rotatable bonds is 6. The van der Waals surface area contributed by atoms with Crippen LogP contribution in [0.1, 0.15) is 11.6 Å². The molecule has 2 aromatic rings. The number of nitrogens with one attached hydrogen (secondary N) is 1. The third-order valence-electron chi connectivity index (χ3n) is 3.25. The van der Waals surface area contributed by atoms with E-state index < -0.39 is 0 Å². The summed E-state index contributed by atoms with van der Waals surface area (Å²) < 4.78 is 11.7. The molecule has 0 aliphatic carbocycles. The highest BCUT2D eigenvalue weighted by Gasteiger charge is 2.16. The van der Waals surface area contributed by atoms with Gasteiger partial charge in [-0.1, -0.05) is 12.1 Å². The third-order valence-corrected chi connectivity index (χ3v) is 3.94. The molecule has 2 rings (SSSR count). The van der Waals surface area contributed by atoms with Gasteiger partial charge >= 0.3 is 0 Å². The van der Waals surface area contributed by atoms with Crippen molar-refractivity contribution in [3.05, 3.63) is 52.5 Å². The maximum absolute atomic E-state index is 5.94. The van der Waals surface area contributed by atoms with Crippen LogP contribution in [0.3, 0.4) is 0 Å². The van der Waals surface area contributed by atoms with E-state index in [0.717, 1.165) is 27.2 Å². The largest absolute Gasteiger partial charge is 0.497 e. The Morgan fingerprint density at radius 1 is 1.14 bits per heavy atom. The average Bonchev–Trinajstić information content (AvgIpc) is 2.53. The first kappa shape index (κ1) is 15.7. The monoisotopic (exact) mass is 350 g/mol. The van der Waals surface area contributed by atoms with Gasteiger partial charge in [-0.2, -0.15) is 0 Å². The van der Waals surface area contributed by atoms with Gasteiger partial charge in [-0.25, -0.2) is 0 Å². The number of nitrogens with two attached hydrogens (primary N) is 1. The van der Waals surface area contributed by atoms with E-state index in [1.165, 1.54) is 0 Å². The molecule has 0 amide bonds. The Balaban J connectivity index is 2.34. The molecule has 1 unspecified atom stereocenters. The summed E-state index contributed by atoms with van der Waals surface area (Å²) in [6, 6.07) is 13.6. The van der Waals surface area contributed by atoms with Crippen LogP contribution in [0.4, 0.5) is 5.69 Å². The van der Waals surface area contributed by atoms with Crippen LogP contribution in [-0.2, 0) is 0 Å². The Morgan fingerprint density at radius 2 is 1.90 bits per heavy atom. The van der Waals surface area contributed by atoms with E-state index in [-0.39, 0.29) is 6.04 Å². The van der Waals surface area contributed by atoms with Crippen LogP contribution in [-0.4, -0.2) is 20.8 Å². The molecule has 0 spiro atoms. The molecule has 5 heteroatoms. The molecule has 0 saturated heterocycles. The highest BCUT2D eigenvalue weighted by molar-refractivity contribution is 9.10. The Labute approximate surface area is 133 Å². The zero-order valence-electron chi connectivity index (χ0n) is 12.1. The molecular weight excluding hydrogens is 332 g/mol. The van der Waals surface area contributed by atoms with Crippen LogP contribution in [0.15, 0.2) is 46.9 Å². The van der Waals surface area contributed by atoms with E-state index in [4.69, 9.17) is 15.2 Å². The molecule has 0 aliphatic rings. The first-order valence-corrected chi connectivity index (χ1v) is 7.42. The summed E-state index contributed by atoms with van der Waals surface area (Å²) in [5.41, 5.74) is 7.90. The van der Waals surface area contributed by atoms with Crippen molar-refractivity contribution in [3.63, 3.8) is 0 Å². The Morgan fingerprint density at radius 3 is 2.52 bits per heavy atom. The molecule has 0 bridgehead atoms. The average molecular weight is 351 g/mol. The lowest BCUT2D eigenvalue weighted by molar-refractivity contribution is 0.396. The van der Waals surface area contributed by atoms with Crippen molar-refractivity contribution in [1.29, 1.82) is 0 Å². The smallest absolute Gasteiger partial charge is 0.124 e. The van der Waals surface area contributed by atoms with E-state index in [2.05, 4.69) is 21.2 Å². The maximum Gasteiger partial charge on any atom is 0.124 e. The van der Waals surface area contributed by atoms with Crippen molar-refractivity contribution >= 4 is 21.6 Å². The van der Waals surface area contributed by atoms with Crippen molar-refractivity contribution in [2.24, 2.45) is 5.73 Å². The number of hydrogen-bond acceptors (Lipinski definition) is 4. The summed E-state index contributed by atoms with van der Waals surface area (Å²) in [5, 5.41) is 3.43. The molecule has 3 N–H and O–H groups in total. The lowest BCUT2D eigenvalue weighted by atomic mass is 10.0. The Bertz CT molecular complexity index is 605. The molecule has 2 aromatic carbocycles. The molecule has 0 saturated carbocycles. The van der Waals surface area contributed by atoms with Crippen molar-refractivity contribution in [2.45, 2.75) is 6.04 Å². The fraction of sp³-hybridized carbons (Fsp3) is 0.250. The second-order valence-electron chi connectivity index (χ2n) is 4.52. The van der Waals surface area contributed by atoms with Crippen molar-refractivity contribution in [3.8, 4) is 11.5 Å². The number of ether oxygens (including phenoxy) is 2. The van der Waals surface area contributed by atoms with Gasteiger partial charge in [0.15, 0.2) is 0 Å². The number of halogens is 1. The van der Waals surface area contributed by atoms with Crippen molar-refractivity contribution in [2.75, 3.05) is 26.1 Å². The zero-order valence-corrected chi connectivity index (χ0v) is 13.7. The summed E-state index contributed by atoms with van der Waals surface area (Å²) in [6.07, 6.45) is 0. The molecule has 1 atom stereocenters. The molecule has 0 fully saturated rings. The molecular formula is C16H19BrN2O2. The number of hydrogen-bond donors (Lipinski definition) is 2. The summed E-state index contributed by atoms with van der Waals surface area (Å²) >= 11 is 3.53. The predicted molar refractivity (Wildman–Crippen MR) is 89.1 cm³/mol. The van der Waals surface area contributed by atoms with E-state index in [1.807, 2.05) is 42.5 Å². The maximum atomic E-state index is 5.94. The lowest BCUT2D eigenvalue weighted by Crippen LogP contribution is -2.21. The van der Waals surface area contributed by atoms with E-state index >= 15 is 0 Å². The molecule has 0 radical (unpaired) electrons. The van der Waals surface area contributed by atoms with E-state index in [9.17, 15) is 0 Å². The first-order valence-electron chi connectivity index (χ1n) is 6.62. The summed E-state index contributed by atoms with van der Waals surface area (Å²) in [5.74, 6) is 1.56. The molecule has 0 aromatic heterocycles. The van der Waals surface area contributed by atoms with Crippen LogP contribution in [0, 0.1) is 0 Å². The quantitative estimate of drug-likeness (QED) is 0.835. The standard InChI is InChI=1S/C16H19BrN2O2/c1-20-11-7-8-16(21-2)12(9-11)15(10-18)19-14-6-4-3-5-13(14)17/h3-9,15,19H,10,18H2,1-2H3. The highest BCUT2D eigenvalue weighted by atomic mass is 79.9. The minimum absolute atomic E-state index is 0.0752. The molecule has 0 heterocycles. The van der Waals surface area contributed by atoms with Gasteiger partial charge in [-0.15, -0.1) is 0 Å². The lowest BCUT2D eigenvalue weighted by Gasteiger charge is -2.22. The second-order valence-corrected chi connectivity index (χ2v) is 5.37. The Hall–Kier alpha value is -1.72. The summed E-state index contributed by atoms with van der Waals surface area (Å²) in [6.45, 7) is 0.435. The number of methoxy groups -OCH3 is 2. The van der Waals surface area contributed by atoms with Gasteiger partial charge in [-0.05, 0) is 46.3 Å². The topological polar surface area (TPSA) is 56.5 Å². The summed E-state index contributed by atoms with van der Waals surface area (Å²) in [4.78, 5) is 0. The highest BCUT2D eigenvalue weighted by Crippen LogP contribution is 2.32. The van der Waals surface area contributed by atoms with E-state index in [0.29, 0.717) is 6.54 Å². The molecule has 4 nitrogen and oxygen atoms in total. The SMILES string of the molecule is COc1ccc(OC)c(C(CN)Nc2ccccc2Br)c1. The normalized spacial score (nSPS) is 11.8. The first-order chi connectivity index (χ1) is 10.2. The summed E-state index contributed by atoms with van der Waals surface area (Å²) in [7, 11) is 3.29. The number of anilines is 1. The van der Waals surface area contributed by atoms with Crippen molar-refractivity contribution in [1.82, 2.24) is 0 Å².